The largest absolute Gasteiger partial charge is 0.497 e. The molecule has 5 heteroatoms. The van der Waals surface area contributed by atoms with E-state index in [4.69, 9.17) is 16.4 Å². The van der Waals surface area contributed by atoms with Crippen molar-refractivity contribution in [3.8, 4) is 0 Å². The summed E-state index contributed by atoms with van der Waals surface area (Å²) in [5, 5.41) is 0.708. The second-order valence-corrected chi connectivity index (χ2v) is 5.81. The maximum atomic E-state index is 5.91. The lowest BCUT2D eigenvalue weighted by atomic mass is 9.70. The van der Waals surface area contributed by atoms with Gasteiger partial charge in [-0.3, -0.25) is 15.1 Å². The fraction of sp³-hybridized carbons (Fsp3) is 0.188. The number of halogens is 1. The molecule has 0 amide bonds. The first-order valence-corrected chi connectivity index (χ1v) is 7.25. The first kappa shape index (κ1) is 14.2. The highest BCUT2D eigenvalue weighted by Crippen LogP contribution is 2.14. The summed E-state index contributed by atoms with van der Waals surface area (Å²) in [6.45, 7) is 6.28. The van der Waals surface area contributed by atoms with Crippen molar-refractivity contribution in [1.29, 1.82) is 0 Å². The van der Waals surface area contributed by atoms with Gasteiger partial charge >= 0.3 is 7.05 Å². The highest BCUT2D eigenvalue weighted by atomic mass is 35.5. The summed E-state index contributed by atoms with van der Waals surface area (Å²) >= 11 is 5.91. The lowest BCUT2D eigenvalue weighted by Crippen LogP contribution is -2.35. The molecule has 106 valence electrons. The molecule has 1 heterocycles. The maximum absolute atomic E-state index is 5.91. The SMILES string of the molecule is Cc1cc(C)c(B2N=C(c3ccc(Cl)cc3)NO2)c(C)c1. The lowest BCUT2D eigenvalue weighted by molar-refractivity contribution is 0.284. The van der Waals surface area contributed by atoms with Gasteiger partial charge in [0.15, 0.2) is 0 Å². The van der Waals surface area contributed by atoms with Crippen LogP contribution in [0, 0.1) is 20.8 Å². The molecule has 0 bridgehead atoms. The molecule has 0 saturated carbocycles. The number of rotatable bonds is 2. The van der Waals surface area contributed by atoms with E-state index in [9.17, 15) is 0 Å². The maximum Gasteiger partial charge on any atom is 0.497 e. The smallest absolute Gasteiger partial charge is 0.300 e. The molecule has 0 spiro atoms. The topological polar surface area (TPSA) is 33.6 Å². The first-order valence-electron chi connectivity index (χ1n) is 6.88. The number of nitrogens with one attached hydrogen (secondary N) is 1. The van der Waals surface area contributed by atoms with Gasteiger partial charge in [0.05, 0.1) is 0 Å². The number of aryl methyl sites for hydroxylation is 3. The first-order chi connectivity index (χ1) is 10.0. The van der Waals surface area contributed by atoms with Gasteiger partial charge in [0.1, 0.15) is 5.84 Å². The standard InChI is InChI=1S/C16H16BClN2O/c1-10-8-11(2)15(12(3)9-10)17-19-16(20-21-17)13-4-6-14(18)7-5-13/h4-9H,1-3H3,(H,19,20). The summed E-state index contributed by atoms with van der Waals surface area (Å²) in [4.78, 5) is 4.65. The molecule has 0 radical (unpaired) electrons. The quantitative estimate of drug-likeness (QED) is 0.865. The molecule has 1 aliphatic rings. The highest BCUT2D eigenvalue weighted by molar-refractivity contribution is 6.69. The second-order valence-electron chi connectivity index (χ2n) is 5.37. The highest BCUT2D eigenvalue weighted by Gasteiger charge is 2.30. The predicted octanol–water partition coefficient (Wildman–Crippen LogP) is 2.94. The molecule has 2 aromatic carbocycles. The van der Waals surface area contributed by atoms with E-state index in [0.717, 1.165) is 16.9 Å². The molecule has 21 heavy (non-hydrogen) atoms. The number of hydrogen-bond donors (Lipinski definition) is 1. The van der Waals surface area contributed by atoms with Gasteiger partial charge in [-0.2, -0.15) is 0 Å². The predicted molar refractivity (Wildman–Crippen MR) is 88.3 cm³/mol. The monoisotopic (exact) mass is 298 g/mol. The fourth-order valence-electron chi connectivity index (χ4n) is 2.73. The van der Waals surface area contributed by atoms with Crippen LogP contribution in [-0.4, -0.2) is 12.9 Å². The number of amidine groups is 1. The van der Waals surface area contributed by atoms with Crippen LogP contribution in [-0.2, 0) is 4.76 Å². The van der Waals surface area contributed by atoms with E-state index >= 15 is 0 Å². The van der Waals surface area contributed by atoms with Crippen LogP contribution < -0.4 is 10.9 Å². The van der Waals surface area contributed by atoms with Crippen LogP contribution in [0.15, 0.2) is 41.3 Å². The Labute approximate surface area is 130 Å². The lowest BCUT2D eigenvalue weighted by Gasteiger charge is -2.11. The van der Waals surface area contributed by atoms with Crippen molar-refractivity contribution in [3.05, 3.63) is 63.7 Å². The van der Waals surface area contributed by atoms with Gasteiger partial charge in [0.25, 0.3) is 0 Å². The second kappa shape index (κ2) is 5.55. The molecule has 1 N–H and O–H groups in total. The van der Waals surface area contributed by atoms with Crippen LogP contribution in [0.1, 0.15) is 22.3 Å². The van der Waals surface area contributed by atoms with E-state index in [-0.39, 0.29) is 7.05 Å². The van der Waals surface area contributed by atoms with Crippen LogP contribution >= 0.6 is 11.6 Å². The molecule has 0 fully saturated rings. The Morgan fingerprint density at radius 2 is 1.67 bits per heavy atom. The van der Waals surface area contributed by atoms with Crippen molar-refractivity contribution in [2.24, 2.45) is 4.90 Å². The van der Waals surface area contributed by atoms with Gasteiger partial charge < -0.3 is 0 Å². The molecule has 2 aromatic rings. The van der Waals surface area contributed by atoms with Crippen LogP contribution in [0.3, 0.4) is 0 Å². The molecule has 3 nitrogen and oxygen atoms in total. The minimum atomic E-state index is -0.309. The third-order valence-corrected chi connectivity index (χ3v) is 3.87. The number of benzene rings is 2. The van der Waals surface area contributed by atoms with E-state index in [1.54, 1.807) is 0 Å². The Kier molecular flexibility index (Phi) is 3.74. The number of hydrogen-bond acceptors (Lipinski definition) is 3. The van der Waals surface area contributed by atoms with Crippen LogP contribution in [0.25, 0.3) is 0 Å². The molecule has 0 atom stereocenters. The van der Waals surface area contributed by atoms with Gasteiger partial charge in [0.2, 0.25) is 0 Å². The Morgan fingerprint density at radius 3 is 2.29 bits per heavy atom. The Morgan fingerprint density at radius 1 is 1.05 bits per heavy atom. The van der Waals surface area contributed by atoms with Crippen molar-refractivity contribution in [2.75, 3.05) is 0 Å². The van der Waals surface area contributed by atoms with Gasteiger partial charge in [-0.1, -0.05) is 40.4 Å². The van der Waals surface area contributed by atoms with E-state index < -0.39 is 0 Å². The van der Waals surface area contributed by atoms with Gasteiger partial charge in [-0.15, -0.1) is 0 Å². The molecular formula is C16H16BClN2O. The normalized spacial score (nSPS) is 14.1. The fourth-order valence-corrected chi connectivity index (χ4v) is 2.85. The number of nitrogens with zero attached hydrogens (tertiary/aromatic N) is 1. The van der Waals surface area contributed by atoms with E-state index in [1.165, 1.54) is 16.7 Å². The van der Waals surface area contributed by atoms with Crippen molar-refractivity contribution < 1.29 is 4.76 Å². The van der Waals surface area contributed by atoms with Crippen LogP contribution in [0.4, 0.5) is 0 Å². The van der Waals surface area contributed by atoms with E-state index in [2.05, 4.69) is 43.3 Å². The van der Waals surface area contributed by atoms with Crippen molar-refractivity contribution >= 4 is 29.9 Å². The van der Waals surface area contributed by atoms with Crippen molar-refractivity contribution in [1.82, 2.24) is 5.48 Å². The van der Waals surface area contributed by atoms with Crippen molar-refractivity contribution in [2.45, 2.75) is 20.8 Å². The zero-order valence-electron chi connectivity index (χ0n) is 12.3. The molecular weight excluding hydrogens is 282 g/mol. The average Bonchev–Trinajstić information content (AvgIpc) is 2.87. The molecule has 0 saturated heterocycles. The molecule has 1 aliphatic heterocycles. The summed E-state index contributed by atoms with van der Waals surface area (Å²) < 4.78 is 5.65. The minimum absolute atomic E-state index is 0.309. The zero-order valence-corrected chi connectivity index (χ0v) is 13.0. The third kappa shape index (κ3) is 2.82. The Bertz CT molecular complexity index is 690. The van der Waals surface area contributed by atoms with Crippen LogP contribution in [0.5, 0.6) is 0 Å². The molecule has 0 aliphatic carbocycles. The van der Waals surface area contributed by atoms with Crippen LogP contribution in [0.2, 0.25) is 5.02 Å². The van der Waals surface area contributed by atoms with Gasteiger partial charge in [0, 0.05) is 10.6 Å². The summed E-state index contributed by atoms with van der Waals surface area (Å²) in [6, 6.07) is 11.8. The minimum Gasteiger partial charge on any atom is -0.300 e. The zero-order chi connectivity index (χ0) is 15.0. The summed E-state index contributed by atoms with van der Waals surface area (Å²) in [7, 11) is -0.309. The van der Waals surface area contributed by atoms with Gasteiger partial charge in [-0.05, 0) is 50.5 Å². The van der Waals surface area contributed by atoms with Gasteiger partial charge in [-0.25, -0.2) is 0 Å². The average molecular weight is 299 g/mol. The van der Waals surface area contributed by atoms with E-state index in [1.807, 2.05) is 24.3 Å². The Hall–Kier alpha value is -1.78. The van der Waals surface area contributed by atoms with Crippen molar-refractivity contribution in [3.63, 3.8) is 0 Å². The Balaban J connectivity index is 1.94. The number of hydroxylamine groups is 1. The third-order valence-electron chi connectivity index (χ3n) is 3.62. The molecule has 0 aromatic heterocycles. The summed E-state index contributed by atoms with van der Waals surface area (Å²) in [5.41, 5.74) is 8.64. The molecule has 0 unspecified atom stereocenters. The van der Waals surface area contributed by atoms with E-state index in [0.29, 0.717) is 5.02 Å². The summed E-state index contributed by atoms with van der Waals surface area (Å²) in [5.74, 6) is 0.732. The molecule has 3 rings (SSSR count). The summed E-state index contributed by atoms with van der Waals surface area (Å²) in [6.07, 6.45) is 0.